The van der Waals surface area contributed by atoms with Gasteiger partial charge in [0.2, 0.25) is 6.29 Å². The molecule has 0 spiro atoms. The van der Waals surface area contributed by atoms with Crippen molar-refractivity contribution in [2.75, 3.05) is 13.4 Å². The number of esters is 1. The van der Waals surface area contributed by atoms with Crippen LogP contribution in [-0.4, -0.2) is 60.3 Å². The first-order valence-corrected chi connectivity index (χ1v) is 7.18. The zero-order valence-corrected chi connectivity index (χ0v) is 12.7. The fourth-order valence-electron chi connectivity index (χ4n) is 2.87. The third kappa shape index (κ3) is 3.92. The summed E-state index contributed by atoms with van der Waals surface area (Å²) in [6, 6.07) is 0. The van der Waals surface area contributed by atoms with Gasteiger partial charge >= 0.3 is 5.97 Å². The number of hydrogen-bond donors (Lipinski definition) is 2. The van der Waals surface area contributed by atoms with Crippen molar-refractivity contribution in [2.45, 2.75) is 64.3 Å². The Hall–Kier alpha value is -0.730. The molecule has 0 aromatic rings. The highest BCUT2D eigenvalue weighted by Gasteiger charge is 2.50. The Morgan fingerprint density at radius 3 is 2.76 bits per heavy atom. The summed E-state index contributed by atoms with van der Waals surface area (Å²) < 4.78 is 22.0. The Morgan fingerprint density at radius 1 is 1.43 bits per heavy atom. The molecule has 2 aliphatic heterocycles. The average molecular weight is 304 g/mol. The van der Waals surface area contributed by atoms with Crippen LogP contribution in [0.15, 0.2) is 0 Å². The van der Waals surface area contributed by atoms with Gasteiger partial charge in [0.05, 0.1) is 24.9 Å². The molecule has 122 valence electrons. The van der Waals surface area contributed by atoms with Crippen molar-refractivity contribution in [1.29, 1.82) is 0 Å². The van der Waals surface area contributed by atoms with Gasteiger partial charge in [-0.3, -0.25) is 4.79 Å². The molecule has 7 heteroatoms. The summed E-state index contributed by atoms with van der Waals surface area (Å²) in [5.74, 6) is -0.443. The van der Waals surface area contributed by atoms with E-state index >= 15 is 0 Å². The van der Waals surface area contributed by atoms with Gasteiger partial charge in [0.1, 0.15) is 6.10 Å². The van der Waals surface area contributed by atoms with Crippen molar-refractivity contribution in [3.05, 3.63) is 0 Å². The smallest absolute Gasteiger partial charge is 0.305 e. The van der Waals surface area contributed by atoms with E-state index in [9.17, 15) is 9.90 Å². The molecule has 2 N–H and O–H groups in total. The first-order chi connectivity index (χ1) is 9.83. The maximum atomic E-state index is 11.1. The molecule has 0 aromatic carbocycles. The Bertz CT molecular complexity index is 370. The quantitative estimate of drug-likeness (QED) is 0.715. The molecule has 2 heterocycles. The highest BCUT2D eigenvalue weighted by molar-refractivity contribution is 5.66. The molecule has 0 saturated carbocycles. The van der Waals surface area contributed by atoms with Crippen LogP contribution >= 0.6 is 0 Å². The minimum absolute atomic E-state index is 0.0580. The van der Waals surface area contributed by atoms with Crippen molar-refractivity contribution < 1.29 is 34.0 Å². The molecule has 7 nitrogen and oxygen atoms in total. The Morgan fingerprint density at radius 2 is 2.14 bits per heavy atom. The second kappa shape index (κ2) is 6.58. The summed E-state index contributed by atoms with van der Waals surface area (Å²) in [7, 11) is 0. The van der Waals surface area contributed by atoms with Crippen molar-refractivity contribution >= 4 is 5.97 Å². The van der Waals surface area contributed by atoms with Crippen LogP contribution in [0, 0.1) is 5.41 Å². The van der Waals surface area contributed by atoms with E-state index in [-0.39, 0.29) is 31.0 Å². The summed E-state index contributed by atoms with van der Waals surface area (Å²) in [6.45, 7) is 5.11. The Labute approximate surface area is 124 Å². The predicted molar refractivity (Wildman–Crippen MR) is 71.1 cm³/mol. The average Bonchev–Trinajstić information content (AvgIpc) is 2.39. The van der Waals surface area contributed by atoms with Gasteiger partial charge in [-0.1, -0.05) is 13.8 Å². The molecular weight excluding hydrogens is 280 g/mol. The van der Waals surface area contributed by atoms with E-state index in [1.54, 1.807) is 0 Å². The van der Waals surface area contributed by atoms with Crippen LogP contribution < -0.4 is 0 Å². The minimum atomic E-state index is -0.844. The highest BCUT2D eigenvalue weighted by Crippen LogP contribution is 2.42. The fraction of sp³-hybridized carbons (Fsp3) is 0.929. The number of carbonyl (C=O) groups is 1. The van der Waals surface area contributed by atoms with Gasteiger partial charge in [-0.05, 0) is 11.8 Å². The SMILES string of the molecule is CC(=O)OC1OCO[C@@H]2CC(C)(C)[C@@H](C[C@H](O)CO)O[C@H]12. The van der Waals surface area contributed by atoms with E-state index in [1.165, 1.54) is 6.92 Å². The normalized spacial score (nSPS) is 36.6. The standard InChI is InChI=1S/C14H24O7/c1-8(16)20-13-12-10(18-7-19-13)5-14(2,3)11(21-12)4-9(17)6-15/h9-13,15,17H,4-7H2,1-3H3/t9-,10+,11+,12-,13?/m0/s1. The first-order valence-electron chi connectivity index (χ1n) is 7.18. The molecule has 0 aliphatic carbocycles. The number of fused-ring (bicyclic) bond motifs is 1. The van der Waals surface area contributed by atoms with Crippen LogP contribution in [0.1, 0.15) is 33.6 Å². The maximum absolute atomic E-state index is 11.1. The van der Waals surface area contributed by atoms with E-state index < -0.39 is 24.5 Å². The molecular formula is C14H24O7. The van der Waals surface area contributed by atoms with Crippen molar-refractivity contribution in [3.8, 4) is 0 Å². The third-order valence-corrected chi connectivity index (χ3v) is 4.05. The van der Waals surface area contributed by atoms with Gasteiger partial charge in [0.25, 0.3) is 0 Å². The molecule has 0 bridgehead atoms. The largest absolute Gasteiger partial charge is 0.433 e. The molecule has 5 atom stereocenters. The molecule has 2 fully saturated rings. The van der Waals surface area contributed by atoms with Crippen molar-refractivity contribution in [2.24, 2.45) is 5.41 Å². The van der Waals surface area contributed by atoms with Crippen LogP contribution in [-0.2, 0) is 23.7 Å². The van der Waals surface area contributed by atoms with Crippen LogP contribution in [0.4, 0.5) is 0 Å². The van der Waals surface area contributed by atoms with Crippen LogP contribution in [0.25, 0.3) is 0 Å². The molecule has 21 heavy (non-hydrogen) atoms. The summed E-state index contributed by atoms with van der Waals surface area (Å²) in [5, 5.41) is 18.7. The van der Waals surface area contributed by atoms with Gasteiger partial charge in [-0.15, -0.1) is 0 Å². The van der Waals surface area contributed by atoms with E-state index in [2.05, 4.69) is 0 Å². The number of aliphatic hydroxyl groups is 2. The van der Waals surface area contributed by atoms with Gasteiger partial charge in [0.15, 0.2) is 6.79 Å². The van der Waals surface area contributed by atoms with Crippen LogP contribution in [0.3, 0.4) is 0 Å². The molecule has 2 saturated heterocycles. The summed E-state index contributed by atoms with van der Waals surface area (Å²) >= 11 is 0. The maximum Gasteiger partial charge on any atom is 0.305 e. The predicted octanol–water partition coefficient (Wildman–Crippen LogP) is 0.175. The Balaban J connectivity index is 2.09. The number of carbonyl (C=O) groups excluding carboxylic acids is 1. The first kappa shape index (κ1) is 16.6. The van der Waals surface area contributed by atoms with Gasteiger partial charge in [-0.2, -0.15) is 0 Å². The number of hydrogen-bond acceptors (Lipinski definition) is 7. The van der Waals surface area contributed by atoms with Gasteiger partial charge < -0.3 is 29.2 Å². The molecule has 2 rings (SSSR count). The lowest BCUT2D eigenvalue weighted by Gasteiger charge is -2.49. The lowest BCUT2D eigenvalue weighted by Crippen LogP contribution is -2.58. The third-order valence-electron chi connectivity index (χ3n) is 4.05. The van der Waals surface area contributed by atoms with Crippen LogP contribution in [0.2, 0.25) is 0 Å². The monoisotopic (exact) mass is 304 g/mol. The minimum Gasteiger partial charge on any atom is -0.433 e. The van der Waals surface area contributed by atoms with E-state index in [0.717, 1.165) is 0 Å². The highest BCUT2D eigenvalue weighted by atomic mass is 16.8. The molecule has 0 aromatic heterocycles. The molecule has 2 aliphatic rings. The van der Waals surface area contributed by atoms with E-state index in [0.29, 0.717) is 12.8 Å². The zero-order valence-electron chi connectivity index (χ0n) is 12.7. The lowest BCUT2D eigenvalue weighted by atomic mass is 9.75. The number of aliphatic hydroxyl groups excluding tert-OH is 2. The number of ether oxygens (including phenoxy) is 4. The zero-order chi connectivity index (χ0) is 15.6. The van der Waals surface area contributed by atoms with Crippen molar-refractivity contribution in [3.63, 3.8) is 0 Å². The second-order valence-corrected chi connectivity index (χ2v) is 6.32. The van der Waals surface area contributed by atoms with Crippen molar-refractivity contribution in [1.82, 2.24) is 0 Å². The fourth-order valence-corrected chi connectivity index (χ4v) is 2.87. The lowest BCUT2D eigenvalue weighted by molar-refractivity contribution is -0.339. The molecule has 0 amide bonds. The van der Waals surface area contributed by atoms with E-state index in [1.807, 2.05) is 13.8 Å². The van der Waals surface area contributed by atoms with Gasteiger partial charge in [0, 0.05) is 13.3 Å². The topological polar surface area (TPSA) is 94.5 Å². The Kier molecular flexibility index (Phi) is 5.21. The number of rotatable bonds is 4. The summed E-state index contributed by atoms with van der Waals surface area (Å²) in [4.78, 5) is 11.1. The molecule has 0 radical (unpaired) electrons. The summed E-state index contributed by atoms with van der Waals surface area (Å²) in [6.07, 6.45) is -1.67. The summed E-state index contributed by atoms with van der Waals surface area (Å²) in [5.41, 5.74) is -0.227. The van der Waals surface area contributed by atoms with Gasteiger partial charge in [-0.25, -0.2) is 0 Å². The van der Waals surface area contributed by atoms with E-state index in [4.69, 9.17) is 24.1 Å². The second-order valence-electron chi connectivity index (χ2n) is 6.32. The molecule has 1 unspecified atom stereocenters. The van der Waals surface area contributed by atoms with Crippen LogP contribution in [0.5, 0.6) is 0 Å².